The van der Waals surface area contributed by atoms with Gasteiger partial charge < -0.3 is 65.5 Å². The van der Waals surface area contributed by atoms with Crippen LogP contribution in [0.4, 0.5) is 8.78 Å². The Morgan fingerprint density at radius 1 is 0.567 bits per heavy atom. The molecule has 10 amide bonds. The van der Waals surface area contributed by atoms with Crippen molar-refractivity contribution < 1.29 is 66.2 Å². The normalized spacial score (nSPS) is 34.9. The number of nitrogens with one attached hydrogen (secondary N) is 5. The minimum Gasteiger partial charge on any atom is -0.385 e. The second-order valence-corrected chi connectivity index (χ2v) is 29.0. The minimum atomic E-state index is -1.25. The molecule has 0 bridgehead atoms. The van der Waals surface area contributed by atoms with Gasteiger partial charge >= 0.3 is 0 Å². The third-order valence-electron chi connectivity index (χ3n) is 20.3. The van der Waals surface area contributed by atoms with Crippen LogP contribution in [0.3, 0.4) is 0 Å². The van der Waals surface area contributed by atoms with E-state index in [1.165, 1.54) is 78.6 Å². The van der Waals surface area contributed by atoms with Crippen molar-refractivity contribution in [3.8, 4) is 0 Å². The zero-order valence-corrected chi connectivity index (χ0v) is 56.0. The third-order valence-corrected chi connectivity index (χ3v) is 21.8. The Kier molecular flexibility index (Phi) is 26.8. The molecule has 0 spiro atoms. The van der Waals surface area contributed by atoms with Gasteiger partial charge in [-0.2, -0.15) is 0 Å². The van der Waals surface area contributed by atoms with Gasteiger partial charge in [0.15, 0.2) is 0 Å². The van der Waals surface area contributed by atoms with Crippen LogP contribution in [-0.2, 0) is 57.4 Å². The van der Waals surface area contributed by atoms with E-state index >= 15 is 19.2 Å². The number of nitrogens with zero attached hydrogens (tertiary/aromatic N) is 6. The fourth-order valence-corrected chi connectivity index (χ4v) is 15.7. The molecule has 3 aliphatic carbocycles. The number of ether oxygens (including phenoxy) is 2. The van der Waals surface area contributed by atoms with Gasteiger partial charge in [0, 0.05) is 90.1 Å². The Labute approximate surface area is 539 Å². The second kappa shape index (κ2) is 33.3. The summed E-state index contributed by atoms with van der Waals surface area (Å²) >= 11 is 8.20. The molecule has 23 nitrogen and oxygen atoms in total. The number of amides is 10. The number of hydrogen-bond acceptors (Lipinski definition) is 14. The second-order valence-electron chi connectivity index (χ2n) is 27.3. The molecular weight excluding hydrogens is 1210 g/mol. The van der Waals surface area contributed by atoms with Crippen LogP contribution >= 0.6 is 23.4 Å². The first-order valence-corrected chi connectivity index (χ1v) is 34.4. The molecule has 7 rings (SSSR count). The summed E-state index contributed by atoms with van der Waals surface area (Å²) in [5, 5.41) is 15.0. The van der Waals surface area contributed by atoms with Crippen molar-refractivity contribution in [1.29, 1.82) is 0 Å². The van der Waals surface area contributed by atoms with E-state index in [-0.39, 0.29) is 126 Å². The number of fused-ring (bicyclic) bond motifs is 2. The average molecular weight is 1310 g/mol. The molecule has 4 heterocycles. The number of carbonyl (C=O) groups excluding carboxylic acids is 10. The lowest BCUT2D eigenvalue weighted by molar-refractivity contribution is -0.165. The van der Waals surface area contributed by atoms with Crippen LogP contribution in [0.2, 0.25) is 0 Å². The fraction of sp³-hybridized carbons (Fsp3) is 0.841. The molecule has 90 heavy (non-hydrogen) atoms. The zero-order chi connectivity index (χ0) is 65.7. The van der Waals surface area contributed by atoms with E-state index < -0.39 is 138 Å². The molecule has 27 heteroatoms. The Balaban J connectivity index is 1.28. The van der Waals surface area contributed by atoms with Gasteiger partial charge in [-0.15, -0.1) is 23.4 Å². The number of rotatable bonds is 14. The van der Waals surface area contributed by atoms with Gasteiger partial charge in [-0.25, -0.2) is 8.78 Å². The van der Waals surface area contributed by atoms with Crippen LogP contribution in [0.5, 0.6) is 0 Å². The molecule has 3 saturated carbocycles. The largest absolute Gasteiger partial charge is 0.385 e. The van der Waals surface area contributed by atoms with Gasteiger partial charge in [0.2, 0.25) is 59.1 Å². The van der Waals surface area contributed by atoms with Crippen LogP contribution in [0.15, 0.2) is 0 Å². The van der Waals surface area contributed by atoms with E-state index in [9.17, 15) is 37.5 Å². The first-order valence-electron chi connectivity index (χ1n) is 32.8. The topological polar surface area (TPSA) is 269 Å². The van der Waals surface area contributed by atoms with Crippen LogP contribution in [0.1, 0.15) is 150 Å². The summed E-state index contributed by atoms with van der Waals surface area (Å²) in [4.78, 5) is 157. The van der Waals surface area contributed by atoms with Gasteiger partial charge in [-0.1, -0.05) is 13.8 Å². The summed E-state index contributed by atoms with van der Waals surface area (Å²) in [5.74, 6) is -5.44. The average Bonchev–Trinajstić information content (AvgIpc) is 0.948. The summed E-state index contributed by atoms with van der Waals surface area (Å²) in [7, 11) is 7.20. The van der Waals surface area contributed by atoms with Crippen molar-refractivity contribution in [3.63, 3.8) is 0 Å². The SMILES string of the molecule is COCC[C@@H]1NC(=O)[C@H]2CCCN2C(=O)[C@H](CC2CCC(F)CC2)N(C)C(=O)[C@H](CC2CCC(Cl)CC2)NC(=O)[C@H]2N(CC2(C)C)C(=O)[C@H](CC2CCC(F)CC2)NC(=O)CN(CCOC)C(=O)[C@@H](C)N(C)C(=O)[C@H](CC2CSCN2)NC(=O)[C@H](C)N(C)C1=O. The quantitative estimate of drug-likeness (QED) is 0.156. The lowest BCUT2D eigenvalue weighted by atomic mass is 9.73. The molecule has 5 N–H and O–H groups in total. The van der Waals surface area contributed by atoms with Crippen molar-refractivity contribution in [2.45, 2.75) is 228 Å². The molecule has 10 atom stereocenters. The van der Waals surface area contributed by atoms with Crippen molar-refractivity contribution in [2.75, 3.05) is 86.4 Å². The fourth-order valence-electron chi connectivity index (χ4n) is 14.4. The lowest BCUT2D eigenvalue weighted by Crippen LogP contribution is -2.72. The standard InChI is InChI=1S/C63H102ClF2N11O12S/c1-37-54(79)70-49(32-45-34-90-36-67-45)59(84)73(6)38(2)57(82)75(26-28-89-9)33-52(78)68-48(30-40-14-20-43(65)21-15-40)61(86)77-35-63(3,4)53(77)56(81)71-47(29-39-12-18-42(64)19-13-39)60(85)74(7)51(31-41-16-22-44(66)23-17-41)62(87)76-25-10-11-50(76)55(80)69-46(24-27-88-8)58(83)72(37)5/h37-51,53,67H,10-36H2,1-9H3,(H,68,78)(H,69,80)(H,70,79)(H,71,81)/t37-,38+,39?,40?,41?,42?,43?,44?,45?,46-,47-,48-,49-,50+,51-,53+/m0/s1. The van der Waals surface area contributed by atoms with E-state index in [4.69, 9.17) is 21.1 Å². The van der Waals surface area contributed by atoms with Gasteiger partial charge in [-0.05, 0) is 154 Å². The number of methoxy groups -OCH3 is 2. The Bertz CT molecular complexity index is 2520. The maximum Gasteiger partial charge on any atom is 0.246 e. The Hall–Kier alpha value is -4.92. The highest BCUT2D eigenvalue weighted by Crippen LogP contribution is 2.40. The first kappa shape index (κ1) is 72.5. The number of alkyl halides is 3. The smallest absolute Gasteiger partial charge is 0.246 e. The Morgan fingerprint density at radius 2 is 1.09 bits per heavy atom. The summed E-state index contributed by atoms with van der Waals surface area (Å²) in [6.07, 6.45) is 4.75. The third kappa shape index (κ3) is 18.7. The predicted octanol–water partition coefficient (Wildman–Crippen LogP) is 3.28. The summed E-state index contributed by atoms with van der Waals surface area (Å²) in [6, 6.07) is -10.9. The van der Waals surface area contributed by atoms with Crippen LogP contribution in [-0.4, -0.2) is 253 Å². The highest BCUT2D eigenvalue weighted by Gasteiger charge is 2.55. The first-order chi connectivity index (χ1) is 42.7. The number of halogens is 3. The number of hydrogen-bond donors (Lipinski definition) is 5. The van der Waals surface area contributed by atoms with Crippen molar-refractivity contribution >= 4 is 82.4 Å². The van der Waals surface area contributed by atoms with Gasteiger partial charge in [0.1, 0.15) is 66.7 Å². The van der Waals surface area contributed by atoms with Crippen LogP contribution < -0.4 is 26.6 Å². The highest BCUT2D eigenvalue weighted by atomic mass is 35.5. The molecule has 0 aromatic rings. The van der Waals surface area contributed by atoms with Crippen molar-refractivity contribution in [3.05, 3.63) is 0 Å². The molecule has 1 unspecified atom stereocenters. The maximum absolute atomic E-state index is 15.6. The number of likely N-dealkylation sites (N-methyl/N-ethyl adjacent to an activating group) is 3. The summed E-state index contributed by atoms with van der Waals surface area (Å²) < 4.78 is 40.1. The molecule has 0 aromatic heterocycles. The molecule has 7 fully saturated rings. The summed E-state index contributed by atoms with van der Waals surface area (Å²) in [6.45, 7) is 6.22. The Morgan fingerprint density at radius 3 is 1.67 bits per heavy atom. The minimum absolute atomic E-state index is 0.00761. The lowest BCUT2D eigenvalue weighted by Gasteiger charge is -2.54. The van der Waals surface area contributed by atoms with E-state index in [1.54, 1.807) is 11.8 Å². The molecular formula is C63H102ClF2N11O12S. The van der Waals surface area contributed by atoms with Gasteiger partial charge in [0.05, 0.1) is 13.2 Å². The van der Waals surface area contributed by atoms with Gasteiger partial charge in [0.25, 0.3) is 0 Å². The van der Waals surface area contributed by atoms with Gasteiger partial charge in [-0.3, -0.25) is 47.9 Å². The molecule has 7 aliphatic rings. The molecule has 0 aromatic carbocycles. The monoisotopic (exact) mass is 1310 g/mol. The van der Waals surface area contributed by atoms with Crippen LogP contribution in [0.25, 0.3) is 0 Å². The molecule has 4 aliphatic heterocycles. The van der Waals surface area contributed by atoms with Crippen molar-refractivity contribution in [2.24, 2.45) is 23.2 Å². The zero-order valence-electron chi connectivity index (χ0n) is 54.5. The maximum atomic E-state index is 15.6. The molecule has 508 valence electrons. The number of thioether (sulfide) groups is 1. The number of carbonyl (C=O) groups is 10. The highest BCUT2D eigenvalue weighted by molar-refractivity contribution is 7.99. The predicted molar refractivity (Wildman–Crippen MR) is 336 cm³/mol. The van der Waals surface area contributed by atoms with E-state index in [0.29, 0.717) is 69.4 Å². The van der Waals surface area contributed by atoms with Crippen LogP contribution in [0, 0.1) is 23.2 Å². The van der Waals surface area contributed by atoms with E-state index in [0.717, 1.165) is 0 Å². The molecule has 0 radical (unpaired) electrons. The summed E-state index contributed by atoms with van der Waals surface area (Å²) in [5.41, 5.74) is -0.841. The van der Waals surface area contributed by atoms with E-state index in [2.05, 4.69) is 26.6 Å². The van der Waals surface area contributed by atoms with Crippen molar-refractivity contribution in [1.82, 2.24) is 56.0 Å². The van der Waals surface area contributed by atoms with E-state index in [1.807, 2.05) is 13.8 Å². The molecule has 4 saturated heterocycles.